The van der Waals surface area contributed by atoms with Gasteiger partial charge in [0.1, 0.15) is 6.61 Å². The molecule has 1 nitrogen and oxygen atoms in total. The summed E-state index contributed by atoms with van der Waals surface area (Å²) >= 11 is 0. The largest absolute Gasteiger partial charge is 0.364 e. The molecule has 1 atom stereocenters. The Bertz CT molecular complexity index is 105. The molecule has 0 fully saturated rings. The third-order valence-corrected chi connectivity index (χ3v) is 1.43. The maximum absolute atomic E-state index is 4.93. The van der Waals surface area contributed by atoms with E-state index in [-0.39, 0.29) is 0 Å². The summed E-state index contributed by atoms with van der Waals surface area (Å²) in [4.78, 5) is 0. The lowest BCUT2D eigenvalue weighted by molar-refractivity contribution is 0.194. The molecule has 0 spiro atoms. The van der Waals surface area contributed by atoms with Crippen molar-refractivity contribution in [2.24, 2.45) is 5.92 Å². The van der Waals surface area contributed by atoms with Gasteiger partial charge in [-0.1, -0.05) is 18.6 Å². The molecule has 1 aliphatic rings. The van der Waals surface area contributed by atoms with Crippen molar-refractivity contribution in [1.82, 2.24) is 0 Å². The molecule has 0 aliphatic carbocycles. The third-order valence-electron chi connectivity index (χ3n) is 1.43. The maximum atomic E-state index is 4.93. The van der Waals surface area contributed by atoms with Crippen molar-refractivity contribution in [1.29, 1.82) is 0 Å². The second kappa shape index (κ2) is 2.31. The highest BCUT2D eigenvalue weighted by Crippen LogP contribution is 2.16. The van der Waals surface area contributed by atoms with Crippen LogP contribution in [0.2, 0.25) is 0 Å². The number of rotatable bonds is 0. The van der Waals surface area contributed by atoms with Gasteiger partial charge in [-0.3, -0.25) is 0 Å². The predicted molar refractivity (Wildman–Crippen MR) is 32.1 cm³/mol. The number of hydrogen-bond acceptors (Lipinski definition) is 1. The third kappa shape index (κ3) is 1.10. The summed E-state index contributed by atoms with van der Waals surface area (Å²) in [6.45, 7) is 7.74. The van der Waals surface area contributed by atoms with Gasteiger partial charge >= 0.3 is 0 Å². The molecule has 0 aromatic heterocycles. The van der Waals surface area contributed by atoms with E-state index in [0.717, 1.165) is 0 Å². The van der Waals surface area contributed by atoms with Crippen LogP contribution in [0.5, 0.6) is 0 Å². The van der Waals surface area contributed by atoms with Gasteiger partial charge in [0.05, 0.1) is 6.61 Å². The zero-order valence-corrected chi connectivity index (χ0v) is 5.27. The van der Waals surface area contributed by atoms with Gasteiger partial charge < -0.3 is 4.74 Å². The fraction of sp³-hybridized carbons (Fsp3) is 0.571. The predicted octanol–water partition coefficient (Wildman–Crippen LogP) is 1.64. The first kappa shape index (κ1) is 5.83. The zero-order valence-electron chi connectivity index (χ0n) is 5.27. The second-order valence-electron chi connectivity index (χ2n) is 2.10. The molecular formula is C7H10O. The quantitative estimate of drug-likeness (QED) is 0.431. The highest BCUT2D eigenvalue weighted by atomic mass is 16.5. The Balaban J connectivity index is 2.53. The molecule has 0 bridgehead atoms. The van der Waals surface area contributed by atoms with Gasteiger partial charge in [0, 0.05) is 5.92 Å². The van der Waals surface area contributed by atoms with Gasteiger partial charge in [0.25, 0.3) is 0 Å². The van der Waals surface area contributed by atoms with Gasteiger partial charge in [-0.25, -0.2) is 0 Å². The minimum Gasteiger partial charge on any atom is -0.364 e. The lowest BCUT2D eigenvalue weighted by atomic mass is 10.0. The normalized spacial score (nSPS) is 29.8. The molecule has 1 rings (SSSR count). The Kier molecular flexibility index (Phi) is 1.69. The number of hydrogen-bond donors (Lipinski definition) is 0. The SMILES string of the molecule is CC1=CCO[C]C1C. The van der Waals surface area contributed by atoms with Crippen molar-refractivity contribution < 1.29 is 4.74 Å². The molecule has 2 radical (unpaired) electrons. The molecule has 1 unspecified atom stereocenters. The Hall–Kier alpha value is -0.300. The van der Waals surface area contributed by atoms with E-state index in [1.807, 2.05) is 0 Å². The van der Waals surface area contributed by atoms with Crippen molar-refractivity contribution in [2.45, 2.75) is 13.8 Å². The topological polar surface area (TPSA) is 9.23 Å². The van der Waals surface area contributed by atoms with Crippen molar-refractivity contribution in [3.05, 3.63) is 18.3 Å². The van der Waals surface area contributed by atoms with Crippen LogP contribution in [0.3, 0.4) is 0 Å². The zero-order chi connectivity index (χ0) is 5.98. The summed E-state index contributed by atoms with van der Waals surface area (Å²) in [5, 5.41) is 0. The van der Waals surface area contributed by atoms with Gasteiger partial charge in [-0.05, 0) is 6.92 Å². The van der Waals surface area contributed by atoms with E-state index in [4.69, 9.17) is 4.74 Å². The molecule has 1 heterocycles. The van der Waals surface area contributed by atoms with Crippen LogP contribution in [0.1, 0.15) is 13.8 Å². The monoisotopic (exact) mass is 110 g/mol. The maximum Gasteiger partial charge on any atom is 0.140 e. The van der Waals surface area contributed by atoms with E-state index in [9.17, 15) is 0 Å². The average Bonchev–Trinajstić information content (AvgIpc) is 1.77. The molecule has 0 amide bonds. The summed E-state index contributed by atoms with van der Waals surface area (Å²) in [5.74, 6) is 0.392. The van der Waals surface area contributed by atoms with Crippen molar-refractivity contribution in [2.75, 3.05) is 6.61 Å². The van der Waals surface area contributed by atoms with Crippen molar-refractivity contribution in [3.8, 4) is 0 Å². The molecule has 8 heavy (non-hydrogen) atoms. The highest BCUT2D eigenvalue weighted by Gasteiger charge is 2.09. The van der Waals surface area contributed by atoms with E-state index >= 15 is 0 Å². The summed E-state index contributed by atoms with van der Waals surface area (Å²) in [6, 6.07) is 0. The summed E-state index contributed by atoms with van der Waals surface area (Å²) in [6.07, 6.45) is 2.08. The first-order valence-electron chi connectivity index (χ1n) is 2.84. The van der Waals surface area contributed by atoms with Gasteiger partial charge in [-0.2, -0.15) is 0 Å². The van der Waals surface area contributed by atoms with Crippen LogP contribution in [0.4, 0.5) is 0 Å². The van der Waals surface area contributed by atoms with E-state index in [2.05, 4.69) is 26.5 Å². The van der Waals surface area contributed by atoms with Crippen LogP contribution in [0, 0.1) is 12.5 Å². The summed E-state index contributed by atoms with van der Waals surface area (Å²) in [5.41, 5.74) is 1.36. The van der Waals surface area contributed by atoms with Gasteiger partial charge in [0.2, 0.25) is 0 Å². The molecule has 0 saturated heterocycles. The van der Waals surface area contributed by atoms with Gasteiger partial charge in [-0.15, -0.1) is 0 Å². The second-order valence-corrected chi connectivity index (χ2v) is 2.10. The van der Waals surface area contributed by atoms with Crippen LogP contribution in [-0.4, -0.2) is 6.61 Å². The van der Waals surface area contributed by atoms with Crippen LogP contribution >= 0.6 is 0 Å². The molecule has 0 aromatic rings. The fourth-order valence-electron chi connectivity index (χ4n) is 0.616. The lowest BCUT2D eigenvalue weighted by Gasteiger charge is -2.14. The smallest absolute Gasteiger partial charge is 0.140 e. The van der Waals surface area contributed by atoms with Crippen molar-refractivity contribution in [3.63, 3.8) is 0 Å². The molecule has 1 heteroatoms. The Labute approximate surface area is 50.3 Å². The van der Waals surface area contributed by atoms with Crippen molar-refractivity contribution >= 4 is 0 Å². The first-order valence-corrected chi connectivity index (χ1v) is 2.84. The average molecular weight is 110 g/mol. The standard InChI is InChI=1S/C7H10O/c1-6-3-4-8-5-7(6)2/h3,7H,4H2,1-2H3. The summed E-state index contributed by atoms with van der Waals surface area (Å²) in [7, 11) is 0. The van der Waals surface area contributed by atoms with Crippen LogP contribution in [-0.2, 0) is 4.74 Å². The minimum atomic E-state index is 0.392. The Morgan fingerprint density at radius 1 is 1.88 bits per heavy atom. The Morgan fingerprint density at radius 3 is 3.00 bits per heavy atom. The van der Waals surface area contributed by atoms with E-state index < -0.39 is 0 Å². The minimum absolute atomic E-state index is 0.392. The molecule has 1 aliphatic heterocycles. The Morgan fingerprint density at radius 2 is 2.62 bits per heavy atom. The molecular weight excluding hydrogens is 100 g/mol. The molecule has 0 saturated carbocycles. The van der Waals surface area contributed by atoms with E-state index in [1.165, 1.54) is 5.57 Å². The van der Waals surface area contributed by atoms with Gasteiger partial charge in [0.15, 0.2) is 0 Å². The van der Waals surface area contributed by atoms with Crippen LogP contribution in [0.15, 0.2) is 11.6 Å². The lowest BCUT2D eigenvalue weighted by Crippen LogP contribution is -2.07. The van der Waals surface area contributed by atoms with E-state index in [0.29, 0.717) is 12.5 Å². The molecule has 0 N–H and O–H groups in total. The first-order chi connectivity index (χ1) is 3.80. The van der Waals surface area contributed by atoms with E-state index in [1.54, 1.807) is 0 Å². The number of ether oxygens (including phenoxy) is 1. The van der Waals surface area contributed by atoms with Crippen LogP contribution in [0.25, 0.3) is 0 Å². The molecule has 0 aromatic carbocycles. The molecule has 44 valence electrons. The van der Waals surface area contributed by atoms with Crippen LogP contribution < -0.4 is 0 Å². The fourth-order valence-corrected chi connectivity index (χ4v) is 0.616. The summed E-state index contributed by atoms with van der Waals surface area (Å²) < 4.78 is 4.93. The highest BCUT2D eigenvalue weighted by molar-refractivity contribution is 5.07.